The van der Waals surface area contributed by atoms with Crippen LogP contribution in [0.25, 0.3) is 0 Å². The van der Waals surface area contributed by atoms with Crippen LogP contribution in [0.5, 0.6) is 0 Å². The SMILES string of the molecule is Cc1ccncc1CNc1cnc(N)cn1. The van der Waals surface area contributed by atoms with Gasteiger partial charge in [-0.1, -0.05) is 0 Å². The van der Waals surface area contributed by atoms with Crippen molar-refractivity contribution in [3.8, 4) is 0 Å². The molecule has 2 rings (SSSR count). The van der Waals surface area contributed by atoms with Crippen molar-refractivity contribution in [1.29, 1.82) is 0 Å². The lowest BCUT2D eigenvalue weighted by Gasteiger charge is -2.07. The highest BCUT2D eigenvalue weighted by molar-refractivity contribution is 5.37. The van der Waals surface area contributed by atoms with Crippen LogP contribution in [0.4, 0.5) is 11.6 Å². The first-order valence-electron chi connectivity index (χ1n) is 4.96. The smallest absolute Gasteiger partial charge is 0.144 e. The molecule has 3 N–H and O–H groups in total. The maximum atomic E-state index is 5.45. The first-order valence-corrected chi connectivity index (χ1v) is 4.96. The largest absolute Gasteiger partial charge is 0.382 e. The van der Waals surface area contributed by atoms with Gasteiger partial charge in [0.25, 0.3) is 0 Å². The van der Waals surface area contributed by atoms with E-state index in [-0.39, 0.29) is 0 Å². The number of anilines is 2. The Hall–Kier alpha value is -2.17. The molecular formula is C11H13N5. The first-order chi connectivity index (χ1) is 7.75. The van der Waals surface area contributed by atoms with Crippen LogP contribution in [-0.4, -0.2) is 15.0 Å². The van der Waals surface area contributed by atoms with Gasteiger partial charge in [-0.15, -0.1) is 0 Å². The molecule has 0 radical (unpaired) electrons. The van der Waals surface area contributed by atoms with Gasteiger partial charge in [-0.3, -0.25) is 4.98 Å². The molecule has 0 fully saturated rings. The molecule has 0 aliphatic carbocycles. The summed E-state index contributed by atoms with van der Waals surface area (Å²) in [6, 6.07) is 1.98. The van der Waals surface area contributed by atoms with E-state index in [1.54, 1.807) is 12.4 Å². The van der Waals surface area contributed by atoms with Crippen molar-refractivity contribution in [3.05, 3.63) is 42.0 Å². The molecule has 0 amide bonds. The van der Waals surface area contributed by atoms with Gasteiger partial charge in [-0.05, 0) is 24.1 Å². The monoisotopic (exact) mass is 215 g/mol. The molecule has 0 atom stereocenters. The van der Waals surface area contributed by atoms with Crippen molar-refractivity contribution in [2.45, 2.75) is 13.5 Å². The van der Waals surface area contributed by atoms with Gasteiger partial charge in [0.2, 0.25) is 0 Å². The third kappa shape index (κ3) is 2.44. The summed E-state index contributed by atoms with van der Waals surface area (Å²) in [6.07, 6.45) is 6.76. The van der Waals surface area contributed by atoms with E-state index in [9.17, 15) is 0 Å². The second kappa shape index (κ2) is 4.57. The van der Waals surface area contributed by atoms with Crippen LogP contribution >= 0.6 is 0 Å². The van der Waals surface area contributed by atoms with Gasteiger partial charge in [0.05, 0.1) is 12.4 Å². The normalized spacial score (nSPS) is 10.1. The molecule has 2 aromatic heterocycles. The van der Waals surface area contributed by atoms with E-state index in [0.717, 1.165) is 5.56 Å². The fraction of sp³-hybridized carbons (Fsp3) is 0.182. The standard InChI is InChI=1S/C11H13N5/c1-8-2-3-13-4-9(8)5-15-11-7-14-10(12)6-16-11/h2-4,6-7H,5H2,1H3,(H2,12,14)(H,15,16). The number of nitrogens with one attached hydrogen (secondary N) is 1. The van der Waals surface area contributed by atoms with E-state index in [1.165, 1.54) is 11.8 Å². The minimum atomic E-state index is 0.420. The maximum Gasteiger partial charge on any atom is 0.144 e. The topological polar surface area (TPSA) is 76.7 Å². The fourth-order valence-electron chi connectivity index (χ4n) is 1.30. The van der Waals surface area contributed by atoms with Crippen molar-refractivity contribution in [2.24, 2.45) is 0 Å². The maximum absolute atomic E-state index is 5.45. The minimum absolute atomic E-state index is 0.420. The molecule has 0 bridgehead atoms. The zero-order valence-corrected chi connectivity index (χ0v) is 9.01. The summed E-state index contributed by atoms with van der Waals surface area (Å²) in [4.78, 5) is 12.1. The van der Waals surface area contributed by atoms with Crippen molar-refractivity contribution >= 4 is 11.6 Å². The number of nitrogens with zero attached hydrogens (tertiary/aromatic N) is 3. The van der Waals surface area contributed by atoms with E-state index in [4.69, 9.17) is 5.73 Å². The van der Waals surface area contributed by atoms with Gasteiger partial charge in [0, 0.05) is 18.9 Å². The third-order valence-electron chi connectivity index (χ3n) is 2.28. The van der Waals surface area contributed by atoms with Crippen LogP contribution < -0.4 is 11.1 Å². The molecule has 0 aliphatic rings. The van der Waals surface area contributed by atoms with Gasteiger partial charge >= 0.3 is 0 Å². The second-order valence-electron chi connectivity index (χ2n) is 3.48. The van der Waals surface area contributed by atoms with Crippen molar-refractivity contribution < 1.29 is 0 Å². The summed E-state index contributed by atoms with van der Waals surface area (Å²) in [5, 5.41) is 3.16. The van der Waals surface area contributed by atoms with Crippen LogP contribution in [0, 0.1) is 6.92 Å². The molecule has 0 spiro atoms. The summed E-state index contributed by atoms with van der Waals surface area (Å²) in [6.45, 7) is 2.73. The predicted octanol–water partition coefficient (Wildman–Crippen LogP) is 1.37. The van der Waals surface area contributed by atoms with Gasteiger partial charge in [-0.2, -0.15) is 0 Å². The highest BCUT2D eigenvalue weighted by atomic mass is 15.0. The zero-order valence-electron chi connectivity index (χ0n) is 9.01. The lowest BCUT2D eigenvalue weighted by Crippen LogP contribution is -2.04. The van der Waals surface area contributed by atoms with E-state index < -0.39 is 0 Å². The lowest BCUT2D eigenvalue weighted by molar-refractivity contribution is 1.05. The predicted molar refractivity (Wildman–Crippen MR) is 62.7 cm³/mol. The Morgan fingerprint density at radius 1 is 1.25 bits per heavy atom. The number of nitrogens with two attached hydrogens (primary N) is 1. The average molecular weight is 215 g/mol. The molecule has 0 unspecified atom stereocenters. The highest BCUT2D eigenvalue weighted by Gasteiger charge is 1.98. The Balaban J connectivity index is 2.02. The van der Waals surface area contributed by atoms with Crippen LogP contribution in [0.1, 0.15) is 11.1 Å². The van der Waals surface area contributed by atoms with Crippen LogP contribution in [0.3, 0.4) is 0 Å². The number of hydrogen-bond donors (Lipinski definition) is 2. The van der Waals surface area contributed by atoms with Crippen molar-refractivity contribution in [1.82, 2.24) is 15.0 Å². The van der Waals surface area contributed by atoms with Gasteiger partial charge < -0.3 is 11.1 Å². The molecule has 0 saturated heterocycles. The Bertz CT molecular complexity index is 466. The Morgan fingerprint density at radius 3 is 2.81 bits per heavy atom. The summed E-state index contributed by atoms with van der Waals surface area (Å²) in [7, 11) is 0. The summed E-state index contributed by atoms with van der Waals surface area (Å²) < 4.78 is 0. The van der Waals surface area contributed by atoms with Crippen LogP contribution in [-0.2, 0) is 6.54 Å². The number of nitrogen functional groups attached to an aromatic ring is 1. The van der Waals surface area contributed by atoms with E-state index in [0.29, 0.717) is 18.2 Å². The molecule has 0 aliphatic heterocycles. The summed E-state index contributed by atoms with van der Waals surface area (Å²) >= 11 is 0. The molecule has 0 aromatic carbocycles. The number of aryl methyl sites for hydroxylation is 1. The Kier molecular flexibility index (Phi) is 2.95. The highest BCUT2D eigenvalue weighted by Crippen LogP contribution is 2.08. The van der Waals surface area contributed by atoms with Crippen LogP contribution in [0.2, 0.25) is 0 Å². The number of rotatable bonds is 3. The quantitative estimate of drug-likeness (QED) is 0.808. The molecule has 5 heteroatoms. The number of hydrogen-bond acceptors (Lipinski definition) is 5. The molecule has 0 saturated carbocycles. The van der Waals surface area contributed by atoms with E-state index in [2.05, 4.69) is 20.3 Å². The third-order valence-corrected chi connectivity index (χ3v) is 2.28. The molecule has 82 valence electrons. The van der Waals surface area contributed by atoms with Crippen molar-refractivity contribution in [3.63, 3.8) is 0 Å². The second-order valence-corrected chi connectivity index (χ2v) is 3.48. The minimum Gasteiger partial charge on any atom is -0.382 e. The average Bonchev–Trinajstić information content (AvgIpc) is 2.30. The Labute approximate surface area is 93.8 Å². The van der Waals surface area contributed by atoms with Gasteiger partial charge in [0.1, 0.15) is 11.6 Å². The Morgan fingerprint density at radius 2 is 2.12 bits per heavy atom. The first kappa shape index (κ1) is 10.4. The van der Waals surface area contributed by atoms with Gasteiger partial charge in [-0.25, -0.2) is 9.97 Å². The van der Waals surface area contributed by atoms with Gasteiger partial charge in [0.15, 0.2) is 0 Å². The molecule has 2 heterocycles. The molecule has 2 aromatic rings. The summed E-state index contributed by atoms with van der Waals surface area (Å²) in [5.74, 6) is 1.13. The van der Waals surface area contributed by atoms with E-state index >= 15 is 0 Å². The zero-order chi connectivity index (χ0) is 11.4. The number of pyridine rings is 1. The summed E-state index contributed by atoms with van der Waals surface area (Å²) in [5.41, 5.74) is 7.79. The van der Waals surface area contributed by atoms with Crippen molar-refractivity contribution in [2.75, 3.05) is 11.1 Å². The molecular weight excluding hydrogens is 202 g/mol. The molecule has 16 heavy (non-hydrogen) atoms. The van der Waals surface area contributed by atoms with E-state index in [1.807, 2.05) is 19.2 Å². The molecule has 5 nitrogen and oxygen atoms in total. The number of aromatic nitrogens is 3. The lowest BCUT2D eigenvalue weighted by atomic mass is 10.2. The fourth-order valence-corrected chi connectivity index (χ4v) is 1.30. The van der Waals surface area contributed by atoms with Crippen LogP contribution in [0.15, 0.2) is 30.9 Å².